The number of likely N-dealkylation sites (N-methyl/N-ethyl adjacent to an activating group) is 1. The van der Waals surface area contributed by atoms with E-state index in [2.05, 4.69) is 31.3 Å². The normalized spacial score (nSPS) is 13.5. The molecule has 0 saturated heterocycles. The molecule has 0 aliphatic carbocycles. The Morgan fingerprint density at radius 1 is 0.355 bits per heavy atom. The molecule has 9 heteroatoms. The van der Waals surface area contributed by atoms with Crippen LogP contribution in [0.3, 0.4) is 0 Å². The highest BCUT2D eigenvalue weighted by Crippen LogP contribution is 2.43. The predicted molar refractivity (Wildman–Crippen MR) is 411 cm³/mol. The van der Waals surface area contributed by atoms with Gasteiger partial charge in [0.05, 0.1) is 39.9 Å². The summed E-state index contributed by atoms with van der Waals surface area (Å²) in [6.45, 7) is 4.88. The lowest BCUT2D eigenvalue weighted by Crippen LogP contribution is -2.45. The van der Waals surface area contributed by atoms with Gasteiger partial charge in [-0.25, -0.2) is 4.57 Å². The standard InChI is InChI=1S/C84H167N2O6P/c1-6-8-10-12-14-16-18-20-22-24-26-28-30-32-34-36-38-40-41-42-43-44-45-46-48-50-52-54-56-58-60-62-64-66-68-70-72-74-76-78-84(88)85-82(81-92-93(89,90)91-80-79-86(3,4)5)83(87)77-75-73-71-69-67-65-63-61-59-57-55-53-51-49-47-39-37-35-33-31-29-27-25-23-21-19-17-15-13-11-9-7-2/h67,69,75,77,82-83,87H,6-66,68,70-74,76,78-81H2,1-5H3,(H-,85,88,89,90)/p+1/b69-67+,77-75+. The quantitative estimate of drug-likeness (QED) is 0.0243. The molecule has 0 aromatic rings. The Bertz CT molecular complexity index is 1570. The van der Waals surface area contributed by atoms with Gasteiger partial charge >= 0.3 is 7.82 Å². The lowest BCUT2D eigenvalue weighted by molar-refractivity contribution is -0.870. The zero-order valence-corrected chi connectivity index (χ0v) is 64.7. The van der Waals surface area contributed by atoms with Crippen molar-refractivity contribution < 1.29 is 32.9 Å². The Hall–Kier alpha value is -1.02. The van der Waals surface area contributed by atoms with Crippen LogP contribution in [0.25, 0.3) is 0 Å². The van der Waals surface area contributed by atoms with Crippen molar-refractivity contribution in [2.24, 2.45) is 0 Å². The zero-order valence-electron chi connectivity index (χ0n) is 63.8. The number of carbonyl (C=O) groups excluding carboxylic acids is 1. The summed E-state index contributed by atoms with van der Waals surface area (Å²) in [6.07, 6.45) is 101. The molecule has 3 unspecified atom stereocenters. The van der Waals surface area contributed by atoms with Crippen LogP contribution in [0.2, 0.25) is 0 Å². The third kappa shape index (κ3) is 78.2. The van der Waals surface area contributed by atoms with Crippen LogP contribution in [0.15, 0.2) is 24.3 Å². The number of rotatable bonds is 80. The molecule has 0 rings (SSSR count). The smallest absolute Gasteiger partial charge is 0.387 e. The number of allylic oxidation sites excluding steroid dienone is 3. The number of phosphoric ester groups is 1. The van der Waals surface area contributed by atoms with E-state index in [4.69, 9.17) is 9.05 Å². The van der Waals surface area contributed by atoms with Crippen molar-refractivity contribution in [3.05, 3.63) is 24.3 Å². The van der Waals surface area contributed by atoms with Gasteiger partial charge in [0.25, 0.3) is 0 Å². The first-order valence-electron chi connectivity index (χ1n) is 42.2. The summed E-state index contributed by atoms with van der Waals surface area (Å²) >= 11 is 0. The van der Waals surface area contributed by atoms with Gasteiger partial charge in [0.1, 0.15) is 13.2 Å². The van der Waals surface area contributed by atoms with E-state index in [1.165, 1.54) is 398 Å². The molecule has 0 heterocycles. The molecule has 0 spiro atoms. The fraction of sp³-hybridized carbons (Fsp3) is 0.940. The fourth-order valence-corrected chi connectivity index (χ4v) is 14.2. The molecular weight excluding hydrogens is 1160 g/mol. The van der Waals surface area contributed by atoms with Crippen LogP contribution in [-0.2, 0) is 18.4 Å². The van der Waals surface area contributed by atoms with Crippen LogP contribution < -0.4 is 5.32 Å². The maximum atomic E-state index is 13.1. The molecule has 93 heavy (non-hydrogen) atoms. The number of aliphatic hydroxyl groups excluding tert-OH is 1. The van der Waals surface area contributed by atoms with Crippen molar-refractivity contribution in [1.82, 2.24) is 5.32 Å². The second-order valence-corrected chi connectivity index (χ2v) is 32.0. The molecule has 554 valence electrons. The maximum absolute atomic E-state index is 13.1. The van der Waals surface area contributed by atoms with Crippen LogP contribution in [0.1, 0.15) is 457 Å². The van der Waals surface area contributed by atoms with Gasteiger partial charge in [0.2, 0.25) is 5.91 Å². The molecule has 0 aliphatic heterocycles. The predicted octanol–water partition coefficient (Wildman–Crippen LogP) is 27.7. The van der Waals surface area contributed by atoms with E-state index in [1.54, 1.807) is 6.08 Å². The second-order valence-electron chi connectivity index (χ2n) is 30.6. The minimum atomic E-state index is -4.36. The molecule has 3 N–H and O–H groups in total. The first-order valence-corrected chi connectivity index (χ1v) is 43.7. The number of aliphatic hydroxyl groups is 1. The summed E-state index contributed by atoms with van der Waals surface area (Å²) in [6, 6.07) is -0.863. The van der Waals surface area contributed by atoms with Crippen LogP contribution in [0, 0.1) is 0 Å². The van der Waals surface area contributed by atoms with Gasteiger partial charge in [-0.1, -0.05) is 443 Å². The van der Waals surface area contributed by atoms with E-state index in [0.29, 0.717) is 17.4 Å². The Balaban J connectivity index is 3.92. The molecule has 0 saturated carbocycles. The number of nitrogens with one attached hydrogen (secondary N) is 1. The first-order chi connectivity index (χ1) is 45.5. The van der Waals surface area contributed by atoms with Crippen molar-refractivity contribution >= 4 is 13.7 Å². The van der Waals surface area contributed by atoms with Crippen LogP contribution in [-0.4, -0.2) is 73.4 Å². The van der Waals surface area contributed by atoms with Crippen LogP contribution in [0.4, 0.5) is 0 Å². The average Bonchev–Trinajstić information content (AvgIpc) is 2.57. The molecule has 0 bridgehead atoms. The van der Waals surface area contributed by atoms with Crippen molar-refractivity contribution in [2.75, 3.05) is 40.9 Å². The van der Waals surface area contributed by atoms with Gasteiger partial charge in [-0.15, -0.1) is 0 Å². The Morgan fingerprint density at radius 2 is 0.591 bits per heavy atom. The number of hydrogen-bond donors (Lipinski definition) is 3. The number of carbonyl (C=O) groups is 1. The van der Waals surface area contributed by atoms with E-state index in [0.717, 1.165) is 38.5 Å². The number of hydrogen-bond acceptors (Lipinski definition) is 5. The highest BCUT2D eigenvalue weighted by Gasteiger charge is 2.28. The topological polar surface area (TPSA) is 105 Å². The van der Waals surface area contributed by atoms with E-state index >= 15 is 0 Å². The Morgan fingerprint density at radius 3 is 0.860 bits per heavy atom. The number of phosphoric acid groups is 1. The Kier molecular flexibility index (Phi) is 74.4. The van der Waals surface area contributed by atoms with Crippen LogP contribution >= 0.6 is 7.82 Å². The third-order valence-corrected chi connectivity index (χ3v) is 20.9. The monoisotopic (exact) mass is 1330 g/mol. The lowest BCUT2D eigenvalue weighted by atomic mass is 10.0. The van der Waals surface area contributed by atoms with Gasteiger partial charge in [-0.05, 0) is 32.1 Å². The van der Waals surface area contributed by atoms with Crippen molar-refractivity contribution in [3.63, 3.8) is 0 Å². The van der Waals surface area contributed by atoms with Crippen molar-refractivity contribution in [1.29, 1.82) is 0 Å². The third-order valence-electron chi connectivity index (χ3n) is 19.9. The highest BCUT2D eigenvalue weighted by atomic mass is 31.2. The summed E-state index contributed by atoms with van der Waals surface area (Å²) in [4.78, 5) is 23.5. The average molecular weight is 1330 g/mol. The van der Waals surface area contributed by atoms with Crippen LogP contribution in [0.5, 0.6) is 0 Å². The summed E-state index contributed by atoms with van der Waals surface area (Å²) in [5.74, 6) is -0.176. The van der Waals surface area contributed by atoms with E-state index in [1.807, 2.05) is 27.2 Å². The first kappa shape index (κ1) is 92.0. The number of amides is 1. The van der Waals surface area contributed by atoms with Gasteiger partial charge < -0.3 is 19.8 Å². The molecule has 0 aromatic carbocycles. The molecule has 8 nitrogen and oxygen atoms in total. The van der Waals surface area contributed by atoms with Gasteiger partial charge in [-0.3, -0.25) is 13.8 Å². The van der Waals surface area contributed by atoms with Gasteiger partial charge in [0, 0.05) is 6.42 Å². The molecule has 0 aliphatic rings. The summed E-state index contributed by atoms with van der Waals surface area (Å²) < 4.78 is 23.9. The number of unbranched alkanes of at least 4 members (excludes halogenated alkanes) is 65. The lowest BCUT2D eigenvalue weighted by Gasteiger charge is -2.25. The molecule has 0 radical (unpaired) electrons. The van der Waals surface area contributed by atoms with Gasteiger partial charge in [-0.2, -0.15) is 0 Å². The van der Waals surface area contributed by atoms with E-state index in [-0.39, 0.29) is 19.1 Å². The fourth-order valence-electron chi connectivity index (χ4n) is 13.4. The molecule has 1 amide bonds. The second kappa shape index (κ2) is 75.2. The van der Waals surface area contributed by atoms with Crippen molar-refractivity contribution in [3.8, 4) is 0 Å². The molecular formula is C84H168N2O6P+. The maximum Gasteiger partial charge on any atom is 0.472 e. The highest BCUT2D eigenvalue weighted by molar-refractivity contribution is 7.47. The number of quaternary nitrogens is 1. The molecule has 0 aromatic heterocycles. The summed E-state index contributed by atoms with van der Waals surface area (Å²) in [5, 5.41) is 14.0. The summed E-state index contributed by atoms with van der Waals surface area (Å²) in [5.41, 5.74) is 0. The summed E-state index contributed by atoms with van der Waals surface area (Å²) in [7, 11) is 1.58. The SMILES string of the molecule is CCCCCCCCCCCCCCCCCCCCCCCCCCCC/C=C/CC/C=C/C(O)C(COP(=O)(O)OCC[N+](C)(C)C)NC(=O)CCCCCCCCCCCCCCCCCCCCCCCCCCCCCCCCCCCCCCCCC. The minimum absolute atomic E-state index is 0.0593. The van der Waals surface area contributed by atoms with Crippen molar-refractivity contribution in [2.45, 2.75) is 469 Å². The van der Waals surface area contributed by atoms with E-state index < -0.39 is 20.0 Å². The molecule has 3 atom stereocenters. The molecule has 0 fully saturated rings. The zero-order chi connectivity index (χ0) is 67.6. The number of nitrogens with zero attached hydrogens (tertiary/aromatic N) is 1. The van der Waals surface area contributed by atoms with Gasteiger partial charge in [0.15, 0.2) is 0 Å². The minimum Gasteiger partial charge on any atom is -0.387 e. The Labute approximate surface area is 583 Å². The van der Waals surface area contributed by atoms with E-state index in [9.17, 15) is 19.4 Å². The largest absolute Gasteiger partial charge is 0.472 e.